The van der Waals surface area contributed by atoms with E-state index in [0.29, 0.717) is 17.7 Å². The van der Waals surface area contributed by atoms with E-state index in [1.165, 1.54) is 0 Å². The van der Waals surface area contributed by atoms with E-state index < -0.39 is 6.04 Å². The van der Waals surface area contributed by atoms with Gasteiger partial charge in [-0.25, -0.2) is 0 Å². The Balaban J connectivity index is 0.00000324. The minimum absolute atomic E-state index is 0. The zero-order chi connectivity index (χ0) is 13.5. The Kier molecular flexibility index (Phi) is 7.79. The van der Waals surface area contributed by atoms with Crippen molar-refractivity contribution in [3.05, 3.63) is 29.8 Å². The molecule has 1 unspecified atom stereocenters. The number of hydrogen-bond donors (Lipinski definition) is 3. The molecule has 4 N–H and O–H groups in total. The molecule has 0 heterocycles. The van der Waals surface area contributed by atoms with E-state index in [1.807, 2.05) is 6.92 Å². The van der Waals surface area contributed by atoms with Gasteiger partial charge in [0.05, 0.1) is 6.04 Å². The molecule has 0 fully saturated rings. The van der Waals surface area contributed by atoms with E-state index in [1.54, 1.807) is 31.3 Å². The highest BCUT2D eigenvalue weighted by Crippen LogP contribution is 2.11. The Morgan fingerprint density at radius 3 is 2.63 bits per heavy atom. The maximum Gasteiger partial charge on any atom is 0.251 e. The normalized spacial score (nSPS) is 11.1. The van der Waals surface area contributed by atoms with Crippen LogP contribution in [0.1, 0.15) is 30.1 Å². The summed E-state index contributed by atoms with van der Waals surface area (Å²) in [6, 6.07) is 6.23. The molecular formula is C13H20ClN3O2. The van der Waals surface area contributed by atoms with Crippen LogP contribution in [-0.4, -0.2) is 24.9 Å². The summed E-state index contributed by atoms with van der Waals surface area (Å²) < 4.78 is 0. The predicted octanol–water partition coefficient (Wildman–Crippen LogP) is 1.53. The average molecular weight is 286 g/mol. The van der Waals surface area contributed by atoms with Crippen LogP contribution in [0.5, 0.6) is 0 Å². The minimum Gasteiger partial charge on any atom is -0.355 e. The van der Waals surface area contributed by atoms with Crippen LogP contribution in [0, 0.1) is 0 Å². The number of hydrogen-bond acceptors (Lipinski definition) is 3. The van der Waals surface area contributed by atoms with Crippen molar-refractivity contribution in [2.24, 2.45) is 5.73 Å². The molecule has 1 atom stereocenters. The summed E-state index contributed by atoms with van der Waals surface area (Å²) in [7, 11) is 1.56. The number of carbonyl (C=O) groups is 2. The van der Waals surface area contributed by atoms with E-state index >= 15 is 0 Å². The second kappa shape index (κ2) is 8.50. The van der Waals surface area contributed by atoms with E-state index in [0.717, 1.165) is 6.42 Å². The van der Waals surface area contributed by atoms with Crippen LogP contribution in [0.25, 0.3) is 0 Å². The Morgan fingerprint density at radius 1 is 1.37 bits per heavy atom. The number of rotatable bonds is 5. The largest absolute Gasteiger partial charge is 0.355 e. The van der Waals surface area contributed by atoms with Crippen molar-refractivity contribution < 1.29 is 9.59 Å². The van der Waals surface area contributed by atoms with Crippen molar-refractivity contribution in [2.75, 3.05) is 12.4 Å². The molecule has 1 aromatic rings. The summed E-state index contributed by atoms with van der Waals surface area (Å²) in [6.45, 7) is 1.97. The summed E-state index contributed by atoms with van der Waals surface area (Å²) in [6.07, 6.45) is 1.49. The predicted molar refractivity (Wildman–Crippen MR) is 78.6 cm³/mol. The first kappa shape index (κ1) is 17.4. The lowest BCUT2D eigenvalue weighted by Crippen LogP contribution is -2.35. The molecule has 0 aromatic heterocycles. The molecule has 1 aromatic carbocycles. The van der Waals surface area contributed by atoms with E-state index in [2.05, 4.69) is 10.6 Å². The molecule has 0 radical (unpaired) electrons. The van der Waals surface area contributed by atoms with Crippen molar-refractivity contribution in [1.82, 2.24) is 5.32 Å². The van der Waals surface area contributed by atoms with Crippen LogP contribution >= 0.6 is 12.4 Å². The molecule has 0 aliphatic rings. The van der Waals surface area contributed by atoms with Gasteiger partial charge >= 0.3 is 0 Å². The van der Waals surface area contributed by atoms with Crippen molar-refractivity contribution in [1.29, 1.82) is 0 Å². The maximum atomic E-state index is 11.7. The van der Waals surface area contributed by atoms with Gasteiger partial charge in [0.2, 0.25) is 5.91 Å². The van der Waals surface area contributed by atoms with Gasteiger partial charge in [0.1, 0.15) is 0 Å². The molecule has 0 bridgehead atoms. The van der Waals surface area contributed by atoms with Gasteiger partial charge in [-0.2, -0.15) is 0 Å². The number of benzene rings is 1. The average Bonchev–Trinajstić information content (AvgIpc) is 2.38. The first-order valence-electron chi connectivity index (χ1n) is 5.97. The van der Waals surface area contributed by atoms with Gasteiger partial charge in [-0.15, -0.1) is 12.4 Å². The molecule has 19 heavy (non-hydrogen) atoms. The monoisotopic (exact) mass is 285 g/mol. The third kappa shape index (κ3) is 5.28. The molecule has 0 aliphatic carbocycles. The Labute approximate surface area is 119 Å². The fourth-order valence-corrected chi connectivity index (χ4v) is 1.56. The third-order valence-electron chi connectivity index (χ3n) is 2.56. The number of anilines is 1. The highest BCUT2D eigenvalue weighted by atomic mass is 35.5. The molecule has 0 saturated carbocycles. The van der Waals surface area contributed by atoms with Gasteiger partial charge in [0.25, 0.3) is 5.91 Å². The molecule has 6 heteroatoms. The number of halogens is 1. The van der Waals surface area contributed by atoms with Gasteiger partial charge < -0.3 is 16.4 Å². The topological polar surface area (TPSA) is 84.2 Å². The molecule has 0 aliphatic heterocycles. The summed E-state index contributed by atoms with van der Waals surface area (Å²) in [5, 5.41) is 5.23. The minimum atomic E-state index is -0.515. The van der Waals surface area contributed by atoms with Gasteiger partial charge in [0.15, 0.2) is 0 Å². The number of nitrogens with two attached hydrogens (primary N) is 1. The van der Waals surface area contributed by atoms with Gasteiger partial charge in [-0.3, -0.25) is 9.59 Å². The summed E-state index contributed by atoms with van der Waals surface area (Å²) >= 11 is 0. The Hall–Kier alpha value is -1.59. The van der Waals surface area contributed by atoms with Crippen LogP contribution in [0.2, 0.25) is 0 Å². The Bertz CT molecular complexity index is 438. The zero-order valence-electron chi connectivity index (χ0n) is 11.1. The van der Waals surface area contributed by atoms with Crippen molar-refractivity contribution in [2.45, 2.75) is 25.8 Å². The van der Waals surface area contributed by atoms with E-state index in [-0.39, 0.29) is 24.2 Å². The van der Waals surface area contributed by atoms with E-state index in [4.69, 9.17) is 5.73 Å². The maximum absolute atomic E-state index is 11.7. The molecule has 1 rings (SSSR count). The van der Waals surface area contributed by atoms with Crippen LogP contribution in [0.3, 0.4) is 0 Å². The molecule has 0 spiro atoms. The quantitative estimate of drug-likeness (QED) is 0.767. The summed E-state index contributed by atoms with van der Waals surface area (Å²) in [4.78, 5) is 23.2. The Morgan fingerprint density at radius 2 is 2.05 bits per heavy atom. The smallest absolute Gasteiger partial charge is 0.251 e. The van der Waals surface area contributed by atoms with Crippen molar-refractivity contribution in [3.8, 4) is 0 Å². The molecule has 106 valence electrons. The highest BCUT2D eigenvalue weighted by molar-refractivity contribution is 5.98. The molecule has 2 amide bonds. The standard InChI is InChI=1S/C13H19N3O2.ClH/c1-3-5-11(14)13(18)16-10-7-4-6-9(8-10)12(17)15-2;/h4,6-8,11H,3,5,14H2,1-2H3,(H,15,17)(H,16,18);1H. The first-order valence-corrected chi connectivity index (χ1v) is 5.97. The lowest BCUT2D eigenvalue weighted by Gasteiger charge is -2.11. The highest BCUT2D eigenvalue weighted by Gasteiger charge is 2.12. The lowest BCUT2D eigenvalue weighted by atomic mass is 10.1. The van der Waals surface area contributed by atoms with Gasteiger partial charge in [-0.1, -0.05) is 19.4 Å². The number of nitrogens with one attached hydrogen (secondary N) is 2. The van der Waals surface area contributed by atoms with Crippen molar-refractivity contribution >= 4 is 29.9 Å². The zero-order valence-corrected chi connectivity index (χ0v) is 11.9. The lowest BCUT2D eigenvalue weighted by molar-refractivity contribution is -0.117. The number of carbonyl (C=O) groups excluding carboxylic acids is 2. The van der Waals surface area contributed by atoms with Crippen LogP contribution in [0.15, 0.2) is 24.3 Å². The van der Waals surface area contributed by atoms with Crippen LogP contribution < -0.4 is 16.4 Å². The second-order valence-electron chi connectivity index (χ2n) is 4.04. The van der Waals surface area contributed by atoms with E-state index in [9.17, 15) is 9.59 Å². The summed E-state index contributed by atoms with van der Waals surface area (Å²) in [5.74, 6) is -0.421. The fraction of sp³-hybridized carbons (Fsp3) is 0.385. The number of amides is 2. The molecular weight excluding hydrogens is 266 g/mol. The fourth-order valence-electron chi connectivity index (χ4n) is 1.56. The van der Waals surface area contributed by atoms with Crippen molar-refractivity contribution in [3.63, 3.8) is 0 Å². The SMILES string of the molecule is CCCC(N)C(=O)Nc1cccc(C(=O)NC)c1.Cl. The molecule has 5 nitrogen and oxygen atoms in total. The second-order valence-corrected chi connectivity index (χ2v) is 4.04. The first-order chi connectivity index (χ1) is 8.58. The summed E-state index contributed by atoms with van der Waals surface area (Å²) in [5.41, 5.74) is 6.78. The van der Waals surface area contributed by atoms with Gasteiger partial charge in [0, 0.05) is 18.3 Å². The molecule has 0 saturated heterocycles. The van der Waals surface area contributed by atoms with Gasteiger partial charge in [-0.05, 0) is 24.6 Å². The van der Waals surface area contributed by atoms with Crippen LogP contribution in [0.4, 0.5) is 5.69 Å². The van der Waals surface area contributed by atoms with Crippen LogP contribution in [-0.2, 0) is 4.79 Å². The third-order valence-corrected chi connectivity index (χ3v) is 2.56.